The first-order valence-corrected chi connectivity index (χ1v) is 22.8. The highest BCUT2D eigenvalue weighted by molar-refractivity contribution is 7.81. The van der Waals surface area contributed by atoms with Crippen LogP contribution < -0.4 is 25.2 Å². The highest BCUT2D eigenvalue weighted by Gasteiger charge is 2.51. The number of aliphatic hydroxyl groups excluding tert-OH is 1. The van der Waals surface area contributed by atoms with Crippen molar-refractivity contribution in [2.45, 2.75) is 90.6 Å². The number of nitrogens with one attached hydrogen (secondary N) is 2. The molecule has 0 spiro atoms. The van der Waals surface area contributed by atoms with Crippen LogP contribution in [0, 0.1) is 28.4 Å². The summed E-state index contributed by atoms with van der Waals surface area (Å²) in [4.78, 5) is 61.4. The third-order valence-corrected chi connectivity index (χ3v) is 12.1. The van der Waals surface area contributed by atoms with Gasteiger partial charge in [-0.2, -0.15) is 5.26 Å². The Balaban J connectivity index is 0.872. The SMILES string of the molecule is CC(C)(C)C(NC(=O)COCCCOCCCCOc1ccc(N2C(=S)N(c3cc(Cl)c(C#N)cc3F)C(=O)C2(C)C)cc1F)C(=O)N1C[C@H](O)C[C@H]1C(=O)NCc1ccc(-c2cnco2)cc1. The monoisotopic (exact) mass is 977 g/mol. The summed E-state index contributed by atoms with van der Waals surface area (Å²) in [5, 5.41) is 25.2. The lowest BCUT2D eigenvalue weighted by Gasteiger charge is -2.35. The van der Waals surface area contributed by atoms with Gasteiger partial charge in [0.05, 0.1) is 35.2 Å². The molecule has 4 aromatic rings. The van der Waals surface area contributed by atoms with Crippen LogP contribution in [-0.4, -0.2) is 107 Å². The Bertz CT molecular complexity index is 2520. The number of rotatable bonds is 20. The van der Waals surface area contributed by atoms with Gasteiger partial charge in [-0.05, 0) is 80.6 Å². The minimum atomic E-state index is -1.32. The van der Waals surface area contributed by atoms with Gasteiger partial charge in [0, 0.05) is 56.6 Å². The molecule has 3 heterocycles. The predicted molar refractivity (Wildman–Crippen MR) is 251 cm³/mol. The molecule has 0 aliphatic carbocycles. The molecular weight excluding hydrogens is 924 g/mol. The van der Waals surface area contributed by atoms with Gasteiger partial charge in [0.2, 0.25) is 17.7 Å². The second-order valence-corrected chi connectivity index (χ2v) is 18.7. The number of β-amino-alcohol motifs (C(OH)–C–C–N with tert-alkyl or cyclic N) is 1. The number of carbonyl (C=O) groups is 4. The summed E-state index contributed by atoms with van der Waals surface area (Å²) < 4.78 is 52.5. The summed E-state index contributed by atoms with van der Waals surface area (Å²) >= 11 is 11.7. The molecule has 0 bridgehead atoms. The van der Waals surface area contributed by atoms with E-state index in [1.54, 1.807) is 53.0 Å². The number of hydrogen-bond donors (Lipinski definition) is 3. The minimum absolute atomic E-state index is 0.00824. The van der Waals surface area contributed by atoms with Crippen molar-refractivity contribution in [2.24, 2.45) is 5.41 Å². The van der Waals surface area contributed by atoms with Gasteiger partial charge >= 0.3 is 0 Å². The Morgan fingerprint density at radius 1 is 1.03 bits per heavy atom. The molecule has 0 saturated carbocycles. The lowest BCUT2D eigenvalue weighted by atomic mass is 9.85. The summed E-state index contributed by atoms with van der Waals surface area (Å²) in [6.45, 7) is 9.58. The van der Waals surface area contributed by atoms with Crippen LogP contribution in [0.5, 0.6) is 5.75 Å². The summed E-state index contributed by atoms with van der Waals surface area (Å²) in [7, 11) is 0. The number of aliphatic hydroxyl groups is 1. The first kappa shape index (κ1) is 51.4. The van der Waals surface area contributed by atoms with E-state index in [0.717, 1.165) is 28.2 Å². The standard InChI is InChI=1S/C48H54ClF2N7O9S/c1-47(2,3)42(44(62)56-26-33(59)21-38(56)43(61)54-24-29-9-11-30(12-10-29)40-25-53-28-67-40)55-41(60)27-65-17-8-16-64-15-6-7-18-66-39-14-13-32(20-36(39)51)58-46(68)57(45(63)48(58,4)5)37-22-34(49)31(23-52)19-35(37)50/h9-14,19-20,22,25,28,33,38,42,59H,6-8,15-18,21,24,26-27H2,1-5H3,(H,54,61)(H,55,60)/t33-,38+,42?/m1/s1. The second-order valence-electron chi connectivity index (χ2n) is 17.9. The van der Waals surface area contributed by atoms with E-state index in [9.17, 15) is 29.5 Å². The zero-order valence-corrected chi connectivity index (χ0v) is 39.9. The topological polar surface area (TPSA) is 200 Å². The molecule has 2 fully saturated rings. The Labute approximate surface area is 403 Å². The van der Waals surface area contributed by atoms with E-state index in [4.69, 9.17) is 42.4 Å². The number of hydrogen-bond acceptors (Lipinski definition) is 12. The van der Waals surface area contributed by atoms with Gasteiger partial charge in [-0.25, -0.2) is 13.8 Å². The number of aromatic nitrogens is 1. The summed E-state index contributed by atoms with van der Waals surface area (Å²) in [5.74, 6) is -2.92. The van der Waals surface area contributed by atoms with Crippen molar-refractivity contribution in [3.63, 3.8) is 0 Å². The number of anilines is 2. The number of benzene rings is 3. The fourth-order valence-electron chi connectivity index (χ4n) is 7.77. The summed E-state index contributed by atoms with van der Waals surface area (Å²) in [6, 6.07) is 13.5. The van der Waals surface area contributed by atoms with E-state index >= 15 is 8.78 Å². The number of unbranched alkanes of at least 4 members (excludes halogenated alkanes) is 1. The molecule has 2 aliphatic heterocycles. The van der Waals surface area contributed by atoms with E-state index < -0.39 is 64.4 Å². The van der Waals surface area contributed by atoms with Crippen LogP contribution >= 0.6 is 23.8 Å². The average molecular weight is 979 g/mol. The van der Waals surface area contributed by atoms with Crippen LogP contribution in [0.3, 0.4) is 0 Å². The van der Waals surface area contributed by atoms with Crippen molar-refractivity contribution < 1.29 is 51.7 Å². The number of carbonyl (C=O) groups excluding carboxylic acids is 4. The molecule has 20 heteroatoms. The number of oxazole rings is 1. The van der Waals surface area contributed by atoms with E-state index in [-0.39, 0.29) is 72.2 Å². The molecule has 16 nitrogen and oxygen atoms in total. The molecule has 4 amide bonds. The highest BCUT2D eigenvalue weighted by Crippen LogP contribution is 2.40. The number of halogens is 3. The van der Waals surface area contributed by atoms with Crippen molar-refractivity contribution in [3.05, 3.63) is 95.0 Å². The van der Waals surface area contributed by atoms with Gasteiger partial charge in [-0.15, -0.1) is 0 Å². The summed E-state index contributed by atoms with van der Waals surface area (Å²) in [5.41, 5.74) is -0.461. The van der Waals surface area contributed by atoms with Crippen molar-refractivity contribution in [2.75, 3.05) is 49.4 Å². The fourth-order valence-corrected chi connectivity index (χ4v) is 8.49. The van der Waals surface area contributed by atoms with Crippen LogP contribution in [0.4, 0.5) is 20.2 Å². The van der Waals surface area contributed by atoms with Crippen LogP contribution in [-0.2, 0) is 35.2 Å². The predicted octanol–water partition coefficient (Wildman–Crippen LogP) is 6.45. The third-order valence-electron chi connectivity index (χ3n) is 11.4. The quantitative estimate of drug-likeness (QED) is 0.0645. The van der Waals surface area contributed by atoms with Crippen LogP contribution in [0.2, 0.25) is 5.02 Å². The number of nitriles is 1. The van der Waals surface area contributed by atoms with Gasteiger partial charge in [0.15, 0.2) is 28.8 Å². The fraction of sp³-hybridized carbons (Fsp3) is 0.438. The molecule has 68 heavy (non-hydrogen) atoms. The Hall–Kier alpha value is -6.04. The lowest BCUT2D eigenvalue weighted by Crippen LogP contribution is -2.58. The van der Waals surface area contributed by atoms with Gasteiger partial charge in [-0.3, -0.25) is 24.1 Å². The Kier molecular flexibility index (Phi) is 16.9. The number of ether oxygens (including phenoxy) is 3. The average Bonchev–Trinajstić information content (AvgIpc) is 4.02. The van der Waals surface area contributed by atoms with Crippen molar-refractivity contribution in [1.29, 1.82) is 5.26 Å². The lowest BCUT2D eigenvalue weighted by molar-refractivity contribution is -0.144. The number of amides is 4. The third kappa shape index (κ3) is 12.2. The zero-order chi connectivity index (χ0) is 49.3. The first-order chi connectivity index (χ1) is 32.3. The van der Waals surface area contributed by atoms with Crippen LogP contribution in [0.1, 0.15) is 71.4 Å². The van der Waals surface area contributed by atoms with E-state index in [1.165, 1.54) is 28.3 Å². The maximum Gasteiger partial charge on any atom is 0.259 e. The molecule has 3 atom stereocenters. The second kappa shape index (κ2) is 22.4. The molecule has 2 aliphatic rings. The molecule has 3 N–H and O–H groups in total. The largest absolute Gasteiger partial charge is 0.491 e. The van der Waals surface area contributed by atoms with Crippen molar-refractivity contribution >= 4 is 63.9 Å². The van der Waals surface area contributed by atoms with Crippen molar-refractivity contribution in [3.8, 4) is 23.1 Å². The van der Waals surface area contributed by atoms with Gasteiger partial charge < -0.3 is 44.2 Å². The maximum atomic E-state index is 15.3. The summed E-state index contributed by atoms with van der Waals surface area (Å²) in [6.07, 6.45) is 3.77. The maximum absolute atomic E-state index is 15.3. The zero-order valence-electron chi connectivity index (χ0n) is 38.4. The molecule has 1 aromatic heterocycles. The van der Waals surface area contributed by atoms with Crippen molar-refractivity contribution in [1.82, 2.24) is 20.5 Å². The first-order valence-electron chi connectivity index (χ1n) is 22.0. The molecule has 1 unspecified atom stereocenters. The Morgan fingerprint density at radius 3 is 2.41 bits per heavy atom. The van der Waals surface area contributed by atoms with E-state index in [2.05, 4.69) is 15.6 Å². The van der Waals surface area contributed by atoms with Crippen LogP contribution in [0.25, 0.3) is 11.3 Å². The number of likely N-dealkylation sites (tertiary alicyclic amines) is 1. The Morgan fingerprint density at radius 2 is 1.74 bits per heavy atom. The van der Waals surface area contributed by atoms with Gasteiger partial charge in [0.25, 0.3) is 5.91 Å². The van der Waals surface area contributed by atoms with Gasteiger partial charge in [0.1, 0.15) is 36.1 Å². The van der Waals surface area contributed by atoms with E-state index in [0.29, 0.717) is 38.2 Å². The molecule has 0 radical (unpaired) electrons. The van der Waals surface area contributed by atoms with E-state index in [1.807, 2.05) is 24.3 Å². The highest BCUT2D eigenvalue weighted by atomic mass is 35.5. The molecular formula is C48H54ClF2N7O9S. The molecule has 6 rings (SSSR count). The molecule has 3 aromatic carbocycles. The van der Waals surface area contributed by atoms with Gasteiger partial charge in [-0.1, -0.05) is 56.6 Å². The minimum Gasteiger partial charge on any atom is -0.491 e. The smallest absolute Gasteiger partial charge is 0.259 e. The number of thiocarbonyl (C=S) groups is 1. The number of nitrogens with zero attached hydrogens (tertiary/aromatic N) is 5. The molecule has 362 valence electrons. The normalized spacial score (nSPS) is 17.3. The van der Waals surface area contributed by atoms with Crippen LogP contribution in [0.15, 0.2) is 71.6 Å². The molecule has 2 saturated heterocycles.